The molecule has 1 amide bonds. The van der Waals surface area contributed by atoms with Crippen molar-refractivity contribution < 1.29 is 29.3 Å². The van der Waals surface area contributed by atoms with Gasteiger partial charge in [0.05, 0.1) is 13.7 Å². The maximum atomic E-state index is 13.2. The Morgan fingerprint density at radius 2 is 1.73 bits per heavy atom. The van der Waals surface area contributed by atoms with Crippen LogP contribution in [0.4, 0.5) is 0 Å². The minimum absolute atomic E-state index is 0.219. The predicted octanol–water partition coefficient (Wildman–Crippen LogP) is 0.927. The van der Waals surface area contributed by atoms with Gasteiger partial charge in [0, 0.05) is 11.6 Å². The normalized spacial score (nSPS) is 14.0. The summed E-state index contributed by atoms with van der Waals surface area (Å²) in [5, 5.41) is 21.6. The molecule has 1 aliphatic carbocycles. The number of aromatic hydroxyl groups is 1. The van der Waals surface area contributed by atoms with E-state index in [9.17, 15) is 29.1 Å². The minimum atomic E-state index is -1.35. The van der Waals surface area contributed by atoms with Gasteiger partial charge in [0.15, 0.2) is 11.3 Å². The van der Waals surface area contributed by atoms with Crippen molar-refractivity contribution in [1.29, 1.82) is 0 Å². The summed E-state index contributed by atoms with van der Waals surface area (Å²) in [6, 6.07) is 5.61. The first-order valence-electron chi connectivity index (χ1n) is 10.5. The first-order chi connectivity index (χ1) is 15.7. The summed E-state index contributed by atoms with van der Waals surface area (Å²) >= 11 is 0. The van der Waals surface area contributed by atoms with Crippen molar-refractivity contribution in [3.63, 3.8) is 0 Å². The van der Waals surface area contributed by atoms with Crippen LogP contribution in [-0.4, -0.2) is 50.7 Å². The van der Waals surface area contributed by atoms with E-state index in [1.165, 1.54) is 19.2 Å². The van der Waals surface area contributed by atoms with Gasteiger partial charge in [-0.15, -0.1) is 0 Å². The Labute approximate surface area is 188 Å². The molecule has 0 bridgehead atoms. The van der Waals surface area contributed by atoms with Crippen LogP contribution >= 0.6 is 0 Å². The van der Waals surface area contributed by atoms with Crippen LogP contribution in [0.1, 0.15) is 58.9 Å². The number of carboxylic acid groups (broad SMARTS) is 1. The molecular weight excluding hydrogens is 434 g/mol. The molecule has 0 atom stereocenters. The highest BCUT2D eigenvalue weighted by Crippen LogP contribution is 2.30. The fourth-order valence-corrected chi connectivity index (χ4v) is 3.92. The van der Waals surface area contributed by atoms with E-state index >= 15 is 0 Å². The van der Waals surface area contributed by atoms with Crippen molar-refractivity contribution in [3.05, 3.63) is 56.2 Å². The van der Waals surface area contributed by atoms with Crippen molar-refractivity contribution in [1.82, 2.24) is 14.5 Å². The summed E-state index contributed by atoms with van der Waals surface area (Å²) in [6.07, 6.45) is 3.64. The zero-order valence-corrected chi connectivity index (χ0v) is 18.1. The third-order valence-electron chi connectivity index (χ3n) is 5.63. The van der Waals surface area contributed by atoms with Gasteiger partial charge in [-0.05, 0) is 37.1 Å². The summed E-state index contributed by atoms with van der Waals surface area (Å²) in [6.45, 7) is -1.44. The lowest BCUT2D eigenvalue weighted by Crippen LogP contribution is -2.47. The molecule has 3 N–H and O–H groups in total. The topological polar surface area (TPSA) is 157 Å². The summed E-state index contributed by atoms with van der Waals surface area (Å²) in [7, 11) is 1.47. The number of ketones is 1. The van der Waals surface area contributed by atoms with Gasteiger partial charge in [-0.3, -0.25) is 28.3 Å². The standard InChI is InChI=1S/C22H25N3O8/c1-33-15-9-7-13(8-10-15)16(26)12-24-20(30)18(19(29)23-11-17(27)28)21(31)25(22(24)32)14-5-3-2-4-6-14/h7-10,14,31H,2-6,11-12H2,1H3,(H,23,29)(H,27,28). The molecule has 0 saturated heterocycles. The number of methoxy groups -OCH3 is 1. The van der Waals surface area contributed by atoms with Crippen molar-refractivity contribution in [2.75, 3.05) is 13.7 Å². The number of nitrogens with one attached hydrogen (secondary N) is 1. The van der Waals surface area contributed by atoms with Crippen LogP contribution in [0.5, 0.6) is 11.6 Å². The number of hydrogen-bond donors (Lipinski definition) is 3. The van der Waals surface area contributed by atoms with Crippen LogP contribution < -0.4 is 21.3 Å². The van der Waals surface area contributed by atoms with Crippen LogP contribution in [0.15, 0.2) is 33.9 Å². The number of amides is 1. The van der Waals surface area contributed by atoms with E-state index in [-0.39, 0.29) is 5.56 Å². The number of carboxylic acids is 1. The fraction of sp³-hybridized carbons (Fsp3) is 0.409. The van der Waals surface area contributed by atoms with E-state index in [1.54, 1.807) is 12.1 Å². The molecule has 11 heteroatoms. The number of aliphatic carboxylic acids is 1. The quantitative estimate of drug-likeness (QED) is 0.492. The lowest BCUT2D eigenvalue weighted by Gasteiger charge is -2.26. The SMILES string of the molecule is COc1ccc(C(=O)Cn2c(=O)c(C(=O)NCC(=O)O)c(O)n(C3CCCCC3)c2=O)cc1. The van der Waals surface area contributed by atoms with Gasteiger partial charge in [-0.1, -0.05) is 19.3 Å². The van der Waals surface area contributed by atoms with E-state index in [4.69, 9.17) is 9.84 Å². The second-order valence-corrected chi connectivity index (χ2v) is 7.76. The van der Waals surface area contributed by atoms with E-state index in [0.29, 0.717) is 23.2 Å². The van der Waals surface area contributed by atoms with Gasteiger partial charge in [-0.25, -0.2) is 4.79 Å². The minimum Gasteiger partial charge on any atom is -0.497 e. The lowest BCUT2D eigenvalue weighted by atomic mass is 9.95. The van der Waals surface area contributed by atoms with Crippen molar-refractivity contribution in [3.8, 4) is 11.6 Å². The molecule has 3 rings (SSSR count). The smallest absolute Gasteiger partial charge is 0.334 e. The first-order valence-corrected chi connectivity index (χ1v) is 10.5. The lowest BCUT2D eigenvalue weighted by molar-refractivity contribution is -0.135. The Hall–Kier alpha value is -3.89. The largest absolute Gasteiger partial charge is 0.497 e. The highest BCUT2D eigenvalue weighted by atomic mass is 16.5. The average Bonchev–Trinajstić information content (AvgIpc) is 2.81. The monoisotopic (exact) mass is 459 g/mol. The maximum Gasteiger partial charge on any atom is 0.334 e. The summed E-state index contributed by atoms with van der Waals surface area (Å²) in [5.41, 5.74) is -2.63. The number of nitrogens with zero attached hydrogens (tertiary/aromatic N) is 2. The van der Waals surface area contributed by atoms with Crippen LogP contribution in [0.25, 0.3) is 0 Å². The molecule has 0 aliphatic heterocycles. The molecule has 1 saturated carbocycles. The number of carbonyl (C=O) groups excluding carboxylic acids is 2. The van der Waals surface area contributed by atoms with Crippen molar-refractivity contribution >= 4 is 17.7 Å². The van der Waals surface area contributed by atoms with Gasteiger partial charge in [0.1, 0.15) is 12.3 Å². The number of benzene rings is 1. The number of aromatic nitrogens is 2. The molecule has 176 valence electrons. The number of carbonyl (C=O) groups is 3. The third kappa shape index (κ3) is 5.13. The van der Waals surface area contributed by atoms with E-state index < -0.39 is 59.5 Å². The average molecular weight is 459 g/mol. The number of ether oxygens (including phenoxy) is 1. The molecule has 33 heavy (non-hydrogen) atoms. The Morgan fingerprint density at radius 1 is 1.09 bits per heavy atom. The summed E-state index contributed by atoms with van der Waals surface area (Å²) in [5.74, 6) is -3.36. The van der Waals surface area contributed by atoms with Gasteiger partial charge >= 0.3 is 11.7 Å². The van der Waals surface area contributed by atoms with Gasteiger partial charge in [0.2, 0.25) is 5.88 Å². The highest BCUT2D eigenvalue weighted by molar-refractivity contribution is 5.98. The van der Waals surface area contributed by atoms with E-state index in [2.05, 4.69) is 0 Å². The second kappa shape index (κ2) is 10.2. The van der Waals surface area contributed by atoms with Gasteiger partial charge in [-0.2, -0.15) is 0 Å². The van der Waals surface area contributed by atoms with Crippen molar-refractivity contribution in [2.24, 2.45) is 0 Å². The van der Waals surface area contributed by atoms with Crippen LogP contribution in [0, 0.1) is 0 Å². The molecular formula is C22H25N3O8. The molecule has 1 aromatic heterocycles. The summed E-state index contributed by atoms with van der Waals surface area (Å²) < 4.78 is 6.63. The Balaban J connectivity index is 2.08. The number of rotatable bonds is 8. The third-order valence-corrected chi connectivity index (χ3v) is 5.63. The Kier molecular flexibility index (Phi) is 7.31. The zero-order chi connectivity index (χ0) is 24.1. The first kappa shape index (κ1) is 23.8. The Bertz CT molecular complexity index is 1170. The van der Waals surface area contributed by atoms with E-state index in [1.807, 2.05) is 5.32 Å². The molecule has 11 nitrogen and oxygen atoms in total. The molecule has 1 heterocycles. The molecule has 1 aliphatic rings. The second-order valence-electron chi connectivity index (χ2n) is 7.76. The fourth-order valence-electron chi connectivity index (χ4n) is 3.92. The Morgan fingerprint density at radius 3 is 2.30 bits per heavy atom. The molecule has 0 spiro atoms. The molecule has 1 fully saturated rings. The number of Topliss-reactive ketones (excluding diaryl/α,β-unsaturated/α-hetero) is 1. The van der Waals surface area contributed by atoms with Crippen molar-refractivity contribution in [2.45, 2.75) is 44.7 Å². The van der Waals surface area contributed by atoms with Crippen LogP contribution in [-0.2, 0) is 11.3 Å². The van der Waals surface area contributed by atoms with Crippen LogP contribution in [0.2, 0.25) is 0 Å². The maximum absolute atomic E-state index is 13.2. The molecule has 1 aromatic carbocycles. The zero-order valence-electron chi connectivity index (χ0n) is 18.1. The number of hydrogen-bond acceptors (Lipinski definition) is 7. The highest BCUT2D eigenvalue weighted by Gasteiger charge is 2.29. The van der Waals surface area contributed by atoms with E-state index in [0.717, 1.165) is 23.8 Å². The molecule has 0 unspecified atom stereocenters. The summed E-state index contributed by atoms with van der Waals surface area (Å²) in [4.78, 5) is 62.4. The molecule has 2 aromatic rings. The van der Waals surface area contributed by atoms with Gasteiger partial charge < -0.3 is 20.3 Å². The predicted molar refractivity (Wildman–Crippen MR) is 116 cm³/mol. The molecule has 0 radical (unpaired) electrons. The van der Waals surface area contributed by atoms with Gasteiger partial charge in [0.25, 0.3) is 11.5 Å². The van der Waals surface area contributed by atoms with Crippen LogP contribution in [0.3, 0.4) is 0 Å².